The van der Waals surface area contributed by atoms with E-state index in [1.807, 2.05) is 60.7 Å². The molecule has 4 aromatic rings. The Morgan fingerprint density at radius 3 is 2.17 bits per heavy atom. The predicted octanol–water partition coefficient (Wildman–Crippen LogP) is 6.91. The second-order valence-electron chi connectivity index (χ2n) is 6.52. The normalized spacial score (nSPS) is 11.8. The van der Waals surface area contributed by atoms with Crippen molar-refractivity contribution in [3.05, 3.63) is 108 Å². The van der Waals surface area contributed by atoms with Gasteiger partial charge in [-0.15, -0.1) is 0 Å². The van der Waals surface area contributed by atoms with Crippen LogP contribution in [0.4, 0.5) is 18.9 Å². The van der Waals surface area contributed by atoms with E-state index in [9.17, 15) is 13.2 Å². The molecule has 0 spiro atoms. The molecule has 5 heteroatoms. The molecule has 1 heterocycles. The quantitative estimate of drug-likeness (QED) is 0.337. The third kappa shape index (κ3) is 4.29. The number of hydrogen-bond acceptors (Lipinski definition) is 1. The largest absolute Gasteiger partial charge is 0.416 e. The second-order valence-corrected chi connectivity index (χ2v) is 6.52. The van der Waals surface area contributed by atoms with Crippen LogP contribution in [-0.2, 0) is 6.18 Å². The summed E-state index contributed by atoms with van der Waals surface area (Å²) in [4.78, 5) is 4.47. The fourth-order valence-electron chi connectivity index (χ4n) is 3.08. The van der Waals surface area contributed by atoms with Crippen molar-refractivity contribution >= 4 is 11.9 Å². The molecule has 0 atom stereocenters. The molecule has 4 rings (SSSR count). The van der Waals surface area contributed by atoms with Crippen LogP contribution in [0.5, 0.6) is 0 Å². The van der Waals surface area contributed by atoms with Crippen LogP contribution in [0, 0.1) is 0 Å². The Labute approximate surface area is 166 Å². The molecule has 0 amide bonds. The van der Waals surface area contributed by atoms with Crippen LogP contribution in [0.1, 0.15) is 11.3 Å². The highest BCUT2D eigenvalue weighted by Gasteiger charge is 2.30. The topological polar surface area (TPSA) is 17.3 Å². The summed E-state index contributed by atoms with van der Waals surface area (Å²) in [7, 11) is 0. The van der Waals surface area contributed by atoms with Gasteiger partial charge in [-0.2, -0.15) is 13.2 Å². The average Bonchev–Trinajstić information content (AvgIpc) is 3.21. The van der Waals surface area contributed by atoms with E-state index in [0.29, 0.717) is 11.4 Å². The molecule has 0 aliphatic rings. The number of alkyl halides is 3. The van der Waals surface area contributed by atoms with Gasteiger partial charge in [-0.25, -0.2) is 0 Å². The first kappa shape index (κ1) is 18.7. The van der Waals surface area contributed by atoms with Gasteiger partial charge in [-0.3, -0.25) is 4.99 Å². The summed E-state index contributed by atoms with van der Waals surface area (Å²) in [5, 5.41) is 0. The Kier molecular flexibility index (Phi) is 5.04. The minimum absolute atomic E-state index is 0.436. The molecule has 0 aliphatic carbocycles. The Balaban J connectivity index is 1.57. The molecule has 0 aliphatic heterocycles. The Morgan fingerprint density at radius 1 is 0.724 bits per heavy atom. The highest BCUT2D eigenvalue weighted by Crippen LogP contribution is 2.30. The van der Waals surface area contributed by atoms with Crippen LogP contribution >= 0.6 is 0 Å². The van der Waals surface area contributed by atoms with Crippen LogP contribution in [0.25, 0.3) is 16.8 Å². The lowest BCUT2D eigenvalue weighted by molar-refractivity contribution is -0.137. The van der Waals surface area contributed by atoms with Crippen molar-refractivity contribution in [2.75, 3.05) is 0 Å². The summed E-state index contributed by atoms with van der Waals surface area (Å²) >= 11 is 0. The smallest absolute Gasteiger partial charge is 0.316 e. The van der Waals surface area contributed by atoms with E-state index in [1.165, 1.54) is 6.07 Å². The van der Waals surface area contributed by atoms with Gasteiger partial charge in [0.25, 0.3) is 0 Å². The highest BCUT2D eigenvalue weighted by atomic mass is 19.4. The first-order valence-electron chi connectivity index (χ1n) is 9.05. The van der Waals surface area contributed by atoms with Gasteiger partial charge >= 0.3 is 6.18 Å². The van der Waals surface area contributed by atoms with Crippen molar-refractivity contribution in [3.8, 4) is 16.8 Å². The lowest BCUT2D eigenvalue weighted by atomic mass is 10.1. The summed E-state index contributed by atoms with van der Waals surface area (Å²) in [6.07, 6.45) is -1.01. The molecule has 144 valence electrons. The standard InChI is InChI=1S/C24H17F3N2/c25-24(26,27)20-8-4-9-22(16-20)29-15-5-10-23(29)17-28-21-13-11-19(12-14-21)18-6-2-1-3-7-18/h1-17H. The zero-order valence-electron chi connectivity index (χ0n) is 15.3. The minimum atomic E-state index is -4.38. The van der Waals surface area contributed by atoms with E-state index in [2.05, 4.69) is 4.99 Å². The number of nitrogens with zero attached hydrogens (tertiary/aromatic N) is 2. The lowest BCUT2D eigenvalue weighted by Gasteiger charge is -2.11. The maximum atomic E-state index is 13.0. The van der Waals surface area contributed by atoms with Crippen LogP contribution in [0.2, 0.25) is 0 Å². The van der Waals surface area contributed by atoms with Crippen molar-refractivity contribution in [1.82, 2.24) is 4.57 Å². The fraction of sp³-hybridized carbons (Fsp3) is 0.0417. The maximum Gasteiger partial charge on any atom is 0.416 e. The van der Waals surface area contributed by atoms with Gasteiger partial charge < -0.3 is 4.57 Å². The van der Waals surface area contributed by atoms with Gasteiger partial charge in [-0.1, -0.05) is 48.5 Å². The molecule has 3 aromatic carbocycles. The molecule has 0 saturated carbocycles. The van der Waals surface area contributed by atoms with Crippen molar-refractivity contribution in [2.24, 2.45) is 4.99 Å². The predicted molar refractivity (Wildman–Crippen MR) is 110 cm³/mol. The van der Waals surface area contributed by atoms with Gasteiger partial charge in [0, 0.05) is 11.9 Å². The fourth-order valence-corrected chi connectivity index (χ4v) is 3.08. The van der Waals surface area contributed by atoms with E-state index in [1.54, 1.807) is 29.1 Å². The van der Waals surface area contributed by atoms with Crippen LogP contribution in [0.3, 0.4) is 0 Å². The summed E-state index contributed by atoms with van der Waals surface area (Å²) in [5.41, 5.74) is 3.44. The van der Waals surface area contributed by atoms with Crippen molar-refractivity contribution in [2.45, 2.75) is 6.18 Å². The van der Waals surface area contributed by atoms with E-state index in [4.69, 9.17) is 0 Å². The lowest BCUT2D eigenvalue weighted by Crippen LogP contribution is -2.06. The molecule has 0 fully saturated rings. The third-order valence-electron chi connectivity index (χ3n) is 4.55. The van der Waals surface area contributed by atoms with Crippen molar-refractivity contribution < 1.29 is 13.2 Å². The first-order chi connectivity index (χ1) is 14.0. The number of rotatable bonds is 4. The zero-order valence-corrected chi connectivity index (χ0v) is 15.3. The molecular formula is C24H17F3N2. The molecule has 0 N–H and O–H groups in total. The monoisotopic (exact) mass is 390 g/mol. The molecular weight excluding hydrogens is 373 g/mol. The second kappa shape index (κ2) is 7.80. The van der Waals surface area contributed by atoms with E-state index in [0.717, 1.165) is 28.9 Å². The van der Waals surface area contributed by atoms with Crippen LogP contribution in [0.15, 0.2) is 102 Å². The number of aliphatic imine (C=N–C) groups is 1. The summed E-state index contributed by atoms with van der Waals surface area (Å²) in [6, 6.07) is 26.7. The van der Waals surface area contributed by atoms with Gasteiger partial charge in [0.1, 0.15) is 0 Å². The van der Waals surface area contributed by atoms with E-state index in [-0.39, 0.29) is 0 Å². The number of aromatic nitrogens is 1. The Bertz CT molecular complexity index is 1120. The third-order valence-corrected chi connectivity index (χ3v) is 4.55. The average molecular weight is 390 g/mol. The SMILES string of the molecule is FC(F)(F)c1cccc(-n2cccc2C=Nc2ccc(-c3ccccc3)cc2)c1. The van der Waals surface area contributed by atoms with Gasteiger partial charge in [0.05, 0.1) is 23.2 Å². The van der Waals surface area contributed by atoms with Crippen molar-refractivity contribution in [1.29, 1.82) is 0 Å². The Hall–Kier alpha value is -3.60. The summed E-state index contributed by atoms with van der Waals surface area (Å²) in [5.74, 6) is 0. The number of hydrogen-bond donors (Lipinski definition) is 0. The minimum Gasteiger partial charge on any atom is -0.316 e. The molecule has 0 radical (unpaired) electrons. The van der Waals surface area contributed by atoms with E-state index >= 15 is 0 Å². The molecule has 0 unspecified atom stereocenters. The van der Waals surface area contributed by atoms with Crippen LogP contribution < -0.4 is 0 Å². The van der Waals surface area contributed by atoms with Gasteiger partial charge in [0.2, 0.25) is 0 Å². The summed E-state index contributed by atoms with van der Waals surface area (Å²) in [6.45, 7) is 0. The molecule has 29 heavy (non-hydrogen) atoms. The van der Waals surface area contributed by atoms with Gasteiger partial charge in [-0.05, 0) is 53.6 Å². The molecule has 2 nitrogen and oxygen atoms in total. The number of benzene rings is 3. The first-order valence-corrected chi connectivity index (χ1v) is 9.05. The van der Waals surface area contributed by atoms with Gasteiger partial charge in [0.15, 0.2) is 0 Å². The van der Waals surface area contributed by atoms with Crippen LogP contribution in [-0.4, -0.2) is 10.8 Å². The number of halogens is 3. The van der Waals surface area contributed by atoms with Crippen molar-refractivity contribution in [3.63, 3.8) is 0 Å². The summed E-state index contributed by atoms with van der Waals surface area (Å²) < 4.78 is 40.7. The zero-order chi connectivity index (χ0) is 20.3. The molecule has 1 aromatic heterocycles. The Morgan fingerprint density at radius 2 is 1.45 bits per heavy atom. The maximum absolute atomic E-state index is 13.0. The van der Waals surface area contributed by atoms with E-state index < -0.39 is 11.7 Å². The molecule has 0 bridgehead atoms. The highest BCUT2D eigenvalue weighted by molar-refractivity contribution is 5.81. The molecule has 0 saturated heterocycles.